The van der Waals surface area contributed by atoms with Crippen molar-refractivity contribution in [1.29, 1.82) is 0 Å². The lowest BCUT2D eigenvalue weighted by Crippen LogP contribution is -2.30. The van der Waals surface area contributed by atoms with Crippen LogP contribution in [0.2, 0.25) is 0 Å². The van der Waals surface area contributed by atoms with Gasteiger partial charge in [0.2, 0.25) is 0 Å². The molecule has 3 unspecified atom stereocenters. The highest BCUT2D eigenvalue weighted by Gasteiger charge is 2.42. The molecule has 1 saturated carbocycles. The normalized spacial score (nSPS) is 29.5. The molecule has 0 radical (unpaired) electrons. The molecule has 1 saturated heterocycles. The number of likely N-dealkylation sites (tertiary alicyclic amines) is 1. The number of alkyl halides is 3. The standard InChI is InChI=1S/C13H18F3N3S.ClH/c1-7-18-12(13(14,15)16)11(20-7)6-19-4-8-2-3-10(17)9(8)5-19;/h8-10H,2-6,17H2,1H3;1H. The van der Waals surface area contributed by atoms with Crippen LogP contribution in [-0.2, 0) is 12.7 Å². The summed E-state index contributed by atoms with van der Waals surface area (Å²) in [5.41, 5.74) is 5.36. The highest BCUT2D eigenvalue weighted by atomic mass is 35.5. The van der Waals surface area contributed by atoms with Crippen molar-refractivity contribution in [2.24, 2.45) is 17.6 Å². The summed E-state index contributed by atoms with van der Waals surface area (Å²) in [6.07, 6.45) is -2.20. The van der Waals surface area contributed by atoms with E-state index in [2.05, 4.69) is 9.88 Å². The molecule has 1 aromatic heterocycles. The zero-order valence-electron chi connectivity index (χ0n) is 11.7. The summed E-state index contributed by atoms with van der Waals surface area (Å²) in [7, 11) is 0. The smallest absolute Gasteiger partial charge is 0.327 e. The lowest BCUT2D eigenvalue weighted by Gasteiger charge is -2.18. The average molecular weight is 342 g/mol. The number of rotatable bonds is 2. The molecular weight excluding hydrogens is 323 g/mol. The molecule has 2 heterocycles. The second-order valence-corrected chi connectivity index (χ2v) is 7.15. The quantitative estimate of drug-likeness (QED) is 0.899. The number of hydrogen-bond donors (Lipinski definition) is 1. The Morgan fingerprint density at radius 3 is 2.67 bits per heavy atom. The van der Waals surface area contributed by atoms with E-state index >= 15 is 0 Å². The fourth-order valence-electron chi connectivity index (χ4n) is 3.53. The van der Waals surface area contributed by atoms with E-state index in [1.807, 2.05) is 0 Å². The van der Waals surface area contributed by atoms with Crippen LogP contribution >= 0.6 is 23.7 Å². The first kappa shape index (κ1) is 17.0. The molecule has 1 aliphatic heterocycles. The number of aromatic nitrogens is 1. The van der Waals surface area contributed by atoms with Gasteiger partial charge in [-0.15, -0.1) is 23.7 Å². The summed E-state index contributed by atoms with van der Waals surface area (Å²) in [6.45, 7) is 3.66. The van der Waals surface area contributed by atoms with Crippen LogP contribution in [-0.4, -0.2) is 29.0 Å². The van der Waals surface area contributed by atoms with Crippen molar-refractivity contribution in [3.05, 3.63) is 15.6 Å². The summed E-state index contributed by atoms with van der Waals surface area (Å²) in [5.74, 6) is 1.02. The average Bonchev–Trinajstić information content (AvgIpc) is 2.97. The number of fused-ring (bicyclic) bond motifs is 1. The molecule has 21 heavy (non-hydrogen) atoms. The van der Waals surface area contributed by atoms with E-state index in [4.69, 9.17) is 5.73 Å². The van der Waals surface area contributed by atoms with E-state index in [0.29, 0.717) is 28.3 Å². The van der Waals surface area contributed by atoms with E-state index in [-0.39, 0.29) is 18.4 Å². The number of halogens is 4. The minimum Gasteiger partial charge on any atom is -0.327 e. The minimum absolute atomic E-state index is 0. The van der Waals surface area contributed by atoms with Gasteiger partial charge < -0.3 is 5.73 Å². The van der Waals surface area contributed by atoms with Gasteiger partial charge in [0.1, 0.15) is 0 Å². The molecule has 1 aromatic rings. The molecule has 3 rings (SSSR count). The maximum Gasteiger partial charge on any atom is 0.434 e. The first-order valence-corrected chi connectivity index (χ1v) is 7.67. The Labute approximate surface area is 132 Å². The number of hydrogen-bond acceptors (Lipinski definition) is 4. The van der Waals surface area contributed by atoms with Gasteiger partial charge in [-0.3, -0.25) is 4.90 Å². The molecule has 2 aliphatic rings. The van der Waals surface area contributed by atoms with Crippen molar-refractivity contribution in [3.63, 3.8) is 0 Å². The molecule has 2 fully saturated rings. The SMILES string of the molecule is Cc1nc(C(F)(F)F)c(CN2CC3CCC(N)C3C2)s1.Cl. The lowest BCUT2D eigenvalue weighted by atomic mass is 9.98. The maximum atomic E-state index is 12.9. The van der Waals surface area contributed by atoms with Crippen LogP contribution in [0.5, 0.6) is 0 Å². The molecule has 3 atom stereocenters. The first-order chi connectivity index (χ1) is 9.34. The van der Waals surface area contributed by atoms with E-state index in [1.165, 1.54) is 0 Å². The van der Waals surface area contributed by atoms with Gasteiger partial charge in [0.05, 0.1) is 9.88 Å². The predicted octanol–water partition coefficient (Wildman–Crippen LogP) is 3.06. The first-order valence-electron chi connectivity index (χ1n) is 6.86. The van der Waals surface area contributed by atoms with Crippen molar-refractivity contribution in [3.8, 4) is 0 Å². The minimum atomic E-state index is -4.36. The highest BCUT2D eigenvalue weighted by Crippen LogP contribution is 2.40. The Morgan fingerprint density at radius 2 is 2.05 bits per heavy atom. The van der Waals surface area contributed by atoms with Crippen molar-refractivity contribution < 1.29 is 13.2 Å². The third-order valence-corrected chi connectivity index (χ3v) is 5.38. The van der Waals surface area contributed by atoms with Crippen LogP contribution in [0.3, 0.4) is 0 Å². The predicted molar refractivity (Wildman–Crippen MR) is 78.6 cm³/mol. The van der Waals surface area contributed by atoms with Gasteiger partial charge in [-0.1, -0.05) is 0 Å². The summed E-state index contributed by atoms with van der Waals surface area (Å²) >= 11 is 1.15. The van der Waals surface area contributed by atoms with Gasteiger partial charge in [-0.2, -0.15) is 13.2 Å². The number of aryl methyl sites for hydroxylation is 1. The van der Waals surface area contributed by atoms with Gasteiger partial charge in [0, 0.05) is 25.7 Å². The Bertz CT molecular complexity index is 505. The zero-order chi connectivity index (χ0) is 14.5. The van der Waals surface area contributed by atoms with E-state index < -0.39 is 11.9 Å². The van der Waals surface area contributed by atoms with Crippen molar-refractivity contribution in [2.45, 2.75) is 38.5 Å². The van der Waals surface area contributed by atoms with Crippen LogP contribution in [0.25, 0.3) is 0 Å². The second kappa shape index (κ2) is 6.02. The fraction of sp³-hybridized carbons (Fsp3) is 0.769. The second-order valence-electron chi connectivity index (χ2n) is 5.86. The number of thiazole rings is 1. The van der Waals surface area contributed by atoms with E-state index in [0.717, 1.165) is 37.3 Å². The van der Waals surface area contributed by atoms with Crippen molar-refractivity contribution in [1.82, 2.24) is 9.88 Å². The molecule has 0 spiro atoms. The third kappa shape index (κ3) is 3.36. The number of nitrogens with two attached hydrogens (primary N) is 1. The van der Waals surface area contributed by atoms with Gasteiger partial charge in [0.25, 0.3) is 0 Å². The maximum absolute atomic E-state index is 12.9. The number of nitrogens with zero attached hydrogens (tertiary/aromatic N) is 2. The summed E-state index contributed by atoms with van der Waals surface area (Å²) < 4.78 is 38.8. The van der Waals surface area contributed by atoms with Crippen LogP contribution in [0.15, 0.2) is 0 Å². The molecule has 3 nitrogen and oxygen atoms in total. The van der Waals surface area contributed by atoms with E-state index in [1.54, 1.807) is 6.92 Å². The molecule has 0 amide bonds. The fourth-order valence-corrected chi connectivity index (χ4v) is 4.53. The largest absolute Gasteiger partial charge is 0.434 e. The Balaban J connectivity index is 0.00000161. The Morgan fingerprint density at radius 1 is 1.33 bits per heavy atom. The summed E-state index contributed by atoms with van der Waals surface area (Å²) in [6, 6.07) is 0.218. The lowest BCUT2D eigenvalue weighted by molar-refractivity contribution is -0.141. The molecule has 1 aliphatic carbocycles. The van der Waals surface area contributed by atoms with Crippen molar-refractivity contribution >= 4 is 23.7 Å². The topological polar surface area (TPSA) is 42.2 Å². The van der Waals surface area contributed by atoms with Crippen LogP contribution < -0.4 is 5.73 Å². The zero-order valence-corrected chi connectivity index (χ0v) is 13.3. The van der Waals surface area contributed by atoms with E-state index in [9.17, 15) is 13.2 Å². The Kier molecular flexibility index (Phi) is 4.87. The van der Waals surface area contributed by atoms with Gasteiger partial charge >= 0.3 is 6.18 Å². The molecule has 120 valence electrons. The summed E-state index contributed by atoms with van der Waals surface area (Å²) in [5, 5.41) is 0.475. The van der Waals surface area contributed by atoms with Gasteiger partial charge in [0.15, 0.2) is 5.69 Å². The third-order valence-electron chi connectivity index (χ3n) is 4.43. The highest BCUT2D eigenvalue weighted by molar-refractivity contribution is 7.11. The van der Waals surface area contributed by atoms with Crippen LogP contribution in [0.1, 0.15) is 28.4 Å². The molecular formula is C13H19ClF3N3S. The Hall–Kier alpha value is -0.370. The van der Waals surface area contributed by atoms with Crippen LogP contribution in [0, 0.1) is 18.8 Å². The molecule has 8 heteroatoms. The molecule has 0 aromatic carbocycles. The summed E-state index contributed by atoms with van der Waals surface area (Å²) in [4.78, 5) is 6.10. The van der Waals surface area contributed by atoms with Gasteiger partial charge in [-0.05, 0) is 31.6 Å². The van der Waals surface area contributed by atoms with Crippen molar-refractivity contribution in [2.75, 3.05) is 13.1 Å². The monoisotopic (exact) mass is 341 g/mol. The van der Waals surface area contributed by atoms with Gasteiger partial charge in [-0.25, -0.2) is 4.98 Å². The van der Waals surface area contributed by atoms with Crippen LogP contribution in [0.4, 0.5) is 13.2 Å². The molecule has 0 bridgehead atoms. The molecule has 2 N–H and O–H groups in total.